The molecule has 120 valence electrons. The molecule has 0 aromatic rings. The van der Waals surface area contributed by atoms with Crippen LogP contribution in [0.25, 0.3) is 0 Å². The molecule has 3 fully saturated rings. The van der Waals surface area contributed by atoms with E-state index in [-0.39, 0.29) is 11.7 Å². The Morgan fingerprint density at radius 1 is 1.29 bits per heavy atom. The lowest BCUT2D eigenvalue weighted by molar-refractivity contribution is -0.133. The number of nitrogens with zero attached hydrogens (tertiary/aromatic N) is 1. The van der Waals surface area contributed by atoms with Crippen molar-refractivity contribution in [2.75, 3.05) is 13.2 Å². The molecule has 0 radical (unpaired) electrons. The van der Waals surface area contributed by atoms with E-state index >= 15 is 0 Å². The summed E-state index contributed by atoms with van der Waals surface area (Å²) in [6.45, 7) is 5.94. The zero-order valence-electron chi connectivity index (χ0n) is 13.6. The van der Waals surface area contributed by atoms with Crippen molar-refractivity contribution < 1.29 is 9.53 Å². The molecule has 1 aliphatic carbocycles. The van der Waals surface area contributed by atoms with E-state index in [1.54, 1.807) is 0 Å². The molecule has 1 N–H and O–H groups in total. The molecule has 4 nitrogen and oxygen atoms in total. The first-order valence-electron chi connectivity index (χ1n) is 8.84. The molecule has 0 aromatic carbocycles. The largest absolute Gasteiger partial charge is 0.378 e. The van der Waals surface area contributed by atoms with Gasteiger partial charge in [-0.2, -0.15) is 0 Å². The average Bonchev–Trinajstić information content (AvgIpc) is 3.21. The first-order valence-corrected chi connectivity index (χ1v) is 8.84. The summed E-state index contributed by atoms with van der Waals surface area (Å²) in [7, 11) is 0. The Labute approximate surface area is 128 Å². The van der Waals surface area contributed by atoms with Crippen LogP contribution in [-0.4, -0.2) is 41.8 Å². The van der Waals surface area contributed by atoms with Crippen LogP contribution in [0.2, 0.25) is 0 Å². The molecule has 2 saturated heterocycles. The Bertz CT molecular complexity index is 375. The highest BCUT2D eigenvalue weighted by molar-refractivity contribution is 5.88. The number of hydrogen-bond donors (Lipinski definition) is 1. The second kappa shape index (κ2) is 6.25. The molecular formula is C17H30N2O2. The molecule has 0 bridgehead atoms. The van der Waals surface area contributed by atoms with Gasteiger partial charge in [-0.15, -0.1) is 0 Å². The maximum Gasteiger partial charge on any atom is 0.243 e. The monoisotopic (exact) mass is 294 g/mol. The zero-order chi connectivity index (χ0) is 14.9. The Kier molecular flexibility index (Phi) is 4.55. The lowest BCUT2D eigenvalue weighted by Crippen LogP contribution is -2.45. The number of hydrogen-bond acceptors (Lipinski definition) is 3. The standard InChI is InChI=1S/C17H30N2O2/c1-3-17(2)16(20)19(11-10-14-9-6-12-21-14)15(18-17)13-7-4-5-8-13/h13-15,18H,3-12H2,1-2H3. The fourth-order valence-electron chi connectivity index (χ4n) is 4.20. The number of carbonyl (C=O) groups excluding carboxylic acids is 1. The summed E-state index contributed by atoms with van der Waals surface area (Å²) >= 11 is 0. The van der Waals surface area contributed by atoms with Crippen LogP contribution in [0.4, 0.5) is 0 Å². The molecule has 1 amide bonds. The third-order valence-electron chi connectivity index (χ3n) is 5.80. The zero-order valence-corrected chi connectivity index (χ0v) is 13.6. The Morgan fingerprint density at radius 3 is 2.67 bits per heavy atom. The quantitative estimate of drug-likeness (QED) is 0.847. The minimum Gasteiger partial charge on any atom is -0.378 e. The van der Waals surface area contributed by atoms with Gasteiger partial charge in [-0.3, -0.25) is 10.1 Å². The van der Waals surface area contributed by atoms with Crippen LogP contribution in [0.5, 0.6) is 0 Å². The first-order chi connectivity index (χ1) is 10.1. The summed E-state index contributed by atoms with van der Waals surface area (Å²) in [5.74, 6) is 0.951. The van der Waals surface area contributed by atoms with E-state index in [1.165, 1.54) is 32.1 Å². The van der Waals surface area contributed by atoms with E-state index in [0.29, 0.717) is 17.9 Å². The van der Waals surface area contributed by atoms with Gasteiger partial charge < -0.3 is 9.64 Å². The summed E-state index contributed by atoms with van der Waals surface area (Å²) in [4.78, 5) is 15.0. The van der Waals surface area contributed by atoms with Gasteiger partial charge in [0.25, 0.3) is 0 Å². The van der Waals surface area contributed by atoms with Crippen LogP contribution in [0.3, 0.4) is 0 Å². The van der Waals surface area contributed by atoms with Crippen molar-refractivity contribution in [2.45, 2.75) is 83.0 Å². The molecule has 3 rings (SSSR count). The fraction of sp³-hybridized carbons (Fsp3) is 0.941. The maximum atomic E-state index is 12.9. The van der Waals surface area contributed by atoms with Crippen LogP contribution < -0.4 is 5.32 Å². The second-order valence-corrected chi connectivity index (χ2v) is 7.24. The minimum atomic E-state index is -0.357. The predicted octanol–water partition coefficient (Wildman–Crippen LogP) is 2.67. The van der Waals surface area contributed by atoms with Crippen molar-refractivity contribution >= 4 is 5.91 Å². The SMILES string of the molecule is CCC1(C)NC(C2CCCC2)N(CCC2CCCO2)C1=O. The molecule has 1 saturated carbocycles. The third-order valence-corrected chi connectivity index (χ3v) is 5.80. The van der Waals surface area contributed by atoms with Gasteiger partial charge >= 0.3 is 0 Å². The van der Waals surface area contributed by atoms with Crippen molar-refractivity contribution in [1.82, 2.24) is 10.2 Å². The van der Waals surface area contributed by atoms with Crippen molar-refractivity contribution in [3.63, 3.8) is 0 Å². The van der Waals surface area contributed by atoms with E-state index in [4.69, 9.17) is 4.74 Å². The highest BCUT2D eigenvalue weighted by Crippen LogP contribution is 2.35. The molecule has 4 heteroatoms. The predicted molar refractivity (Wildman–Crippen MR) is 82.9 cm³/mol. The van der Waals surface area contributed by atoms with Crippen LogP contribution in [0, 0.1) is 5.92 Å². The van der Waals surface area contributed by atoms with Gasteiger partial charge in [0.1, 0.15) is 0 Å². The molecule has 3 aliphatic rings. The number of rotatable bonds is 5. The van der Waals surface area contributed by atoms with Gasteiger partial charge in [0.2, 0.25) is 5.91 Å². The Balaban J connectivity index is 1.67. The number of ether oxygens (including phenoxy) is 1. The highest BCUT2D eigenvalue weighted by Gasteiger charge is 2.49. The summed E-state index contributed by atoms with van der Waals surface area (Å²) in [5, 5.41) is 3.67. The molecule has 3 unspecified atom stereocenters. The van der Waals surface area contributed by atoms with Gasteiger partial charge in [0, 0.05) is 13.2 Å². The van der Waals surface area contributed by atoms with Gasteiger partial charge in [0.05, 0.1) is 17.8 Å². The van der Waals surface area contributed by atoms with Gasteiger partial charge in [-0.05, 0) is 51.4 Å². The molecule has 0 aromatic heterocycles. The van der Waals surface area contributed by atoms with Gasteiger partial charge in [-0.25, -0.2) is 0 Å². The highest BCUT2D eigenvalue weighted by atomic mass is 16.5. The van der Waals surface area contributed by atoms with E-state index in [9.17, 15) is 4.79 Å². The molecular weight excluding hydrogens is 264 g/mol. The summed E-state index contributed by atoms with van der Waals surface area (Å²) in [6.07, 6.45) is 10.00. The lowest BCUT2D eigenvalue weighted by Gasteiger charge is -2.29. The smallest absolute Gasteiger partial charge is 0.243 e. The van der Waals surface area contributed by atoms with E-state index in [2.05, 4.69) is 24.1 Å². The summed E-state index contributed by atoms with van der Waals surface area (Å²) in [6, 6.07) is 0. The molecule has 2 heterocycles. The van der Waals surface area contributed by atoms with Crippen molar-refractivity contribution in [1.29, 1.82) is 0 Å². The Morgan fingerprint density at radius 2 is 2.05 bits per heavy atom. The van der Waals surface area contributed by atoms with Crippen LogP contribution >= 0.6 is 0 Å². The minimum absolute atomic E-state index is 0.256. The molecule has 0 spiro atoms. The number of nitrogens with one attached hydrogen (secondary N) is 1. The Hall–Kier alpha value is -0.610. The number of amides is 1. The average molecular weight is 294 g/mol. The normalized spacial score (nSPS) is 37.8. The van der Waals surface area contributed by atoms with Crippen LogP contribution in [0.15, 0.2) is 0 Å². The fourth-order valence-corrected chi connectivity index (χ4v) is 4.20. The summed E-state index contributed by atoms with van der Waals surface area (Å²) < 4.78 is 5.73. The van der Waals surface area contributed by atoms with Crippen LogP contribution in [-0.2, 0) is 9.53 Å². The lowest BCUT2D eigenvalue weighted by atomic mass is 9.99. The first kappa shape index (κ1) is 15.3. The molecule has 21 heavy (non-hydrogen) atoms. The van der Waals surface area contributed by atoms with Gasteiger partial charge in [0.15, 0.2) is 0 Å². The van der Waals surface area contributed by atoms with Crippen molar-refractivity contribution in [2.24, 2.45) is 5.92 Å². The second-order valence-electron chi connectivity index (χ2n) is 7.24. The summed E-state index contributed by atoms with van der Waals surface area (Å²) in [5.41, 5.74) is -0.357. The van der Waals surface area contributed by atoms with E-state index in [0.717, 1.165) is 32.4 Å². The van der Waals surface area contributed by atoms with E-state index in [1.807, 2.05) is 0 Å². The maximum absolute atomic E-state index is 12.9. The topological polar surface area (TPSA) is 41.6 Å². The van der Waals surface area contributed by atoms with Crippen molar-refractivity contribution in [3.05, 3.63) is 0 Å². The van der Waals surface area contributed by atoms with Gasteiger partial charge in [-0.1, -0.05) is 19.8 Å². The number of carbonyl (C=O) groups is 1. The van der Waals surface area contributed by atoms with Crippen LogP contribution in [0.1, 0.15) is 65.2 Å². The molecule has 3 atom stereocenters. The third kappa shape index (κ3) is 2.98. The van der Waals surface area contributed by atoms with Crippen molar-refractivity contribution in [3.8, 4) is 0 Å². The molecule has 2 aliphatic heterocycles. The van der Waals surface area contributed by atoms with E-state index < -0.39 is 0 Å².